The molecule has 0 bridgehead atoms. The largest absolute Gasteiger partial charge is 0.436 e. The molecular weight excluding hydrogens is 641 g/mol. The number of rotatable bonds is 36. The summed E-state index contributed by atoms with van der Waals surface area (Å²) in [7, 11) is -8.99. The van der Waals surface area contributed by atoms with Crippen LogP contribution in [0.1, 0.15) is 198 Å². The van der Waals surface area contributed by atoms with Crippen LogP contribution in [0.25, 0.3) is 0 Å². The number of hydrogen-bond donors (Lipinski definition) is 0. The first-order valence-electron chi connectivity index (χ1n) is 21.8. The second kappa shape index (κ2) is 29.3. The van der Waals surface area contributed by atoms with E-state index in [-0.39, 0.29) is 0 Å². The minimum Gasteiger partial charge on any atom is -0.436 e. The third-order valence-electron chi connectivity index (χ3n) is 10.7. The van der Waals surface area contributed by atoms with Crippen LogP contribution in [-0.4, -0.2) is 33.8 Å². The van der Waals surface area contributed by atoms with Gasteiger partial charge in [0.05, 0.1) is 0 Å². The van der Waals surface area contributed by atoms with Crippen LogP contribution in [0, 0.1) is 0 Å². The molecule has 0 unspecified atom stereocenters. The van der Waals surface area contributed by atoms with E-state index in [0.29, 0.717) is 0 Å². The first kappa shape index (κ1) is 47.7. The molecule has 0 aromatic carbocycles. The smallest absolute Gasteiger partial charge is 0.319 e. The molecule has 0 aliphatic rings. The molecule has 0 radical (unpaired) electrons. The van der Waals surface area contributed by atoms with Crippen molar-refractivity contribution >= 4 is 33.8 Å². The Kier molecular flexibility index (Phi) is 29.8. The molecule has 284 valence electrons. The molecule has 0 N–H and O–H groups in total. The first-order valence-corrected chi connectivity index (χ1v) is 31.4. The molecule has 0 aromatic heterocycles. The van der Waals surface area contributed by atoms with Crippen molar-refractivity contribution in [1.29, 1.82) is 0 Å². The van der Waals surface area contributed by atoms with Gasteiger partial charge in [0.1, 0.15) is 0 Å². The quantitative estimate of drug-likeness (QED) is 0.0601. The van der Waals surface area contributed by atoms with Crippen molar-refractivity contribution in [2.75, 3.05) is 0 Å². The van der Waals surface area contributed by atoms with E-state index in [1.165, 1.54) is 189 Å². The zero-order chi connectivity index (χ0) is 35.3. The zero-order valence-corrected chi connectivity index (χ0v) is 38.4. The van der Waals surface area contributed by atoms with E-state index in [1.54, 1.807) is 0 Å². The predicted molar refractivity (Wildman–Crippen MR) is 223 cm³/mol. The lowest BCUT2D eigenvalue weighted by Crippen LogP contribution is -2.63. The molecular formula is C40H90O3Si4. The molecule has 0 saturated heterocycles. The van der Waals surface area contributed by atoms with E-state index in [2.05, 4.69) is 69.2 Å². The average molecular weight is 732 g/mol. The van der Waals surface area contributed by atoms with Crippen LogP contribution in [0.3, 0.4) is 0 Å². The molecule has 3 nitrogen and oxygen atoms in total. The fraction of sp³-hybridized carbons (Fsp3) is 1.00. The van der Waals surface area contributed by atoms with E-state index < -0.39 is 33.8 Å². The van der Waals surface area contributed by atoms with Crippen molar-refractivity contribution in [2.24, 2.45) is 0 Å². The van der Waals surface area contributed by atoms with Gasteiger partial charge in [-0.15, -0.1) is 0 Å². The summed E-state index contributed by atoms with van der Waals surface area (Å²) in [5, 5.41) is 0. The van der Waals surface area contributed by atoms with Gasteiger partial charge in [0.25, 0.3) is 0 Å². The van der Waals surface area contributed by atoms with Crippen molar-refractivity contribution in [3.05, 3.63) is 0 Å². The van der Waals surface area contributed by atoms with Crippen LogP contribution in [-0.2, 0) is 12.3 Å². The Hall–Kier alpha value is 0.748. The molecule has 0 aliphatic heterocycles. The number of unbranched alkanes of at least 4 members (excludes halogenated alkanes) is 10. The van der Waals surface area contributed by atoms with E-state index in [9.17, 15) is 0 Å². The van der Waals surface area contributed by atoms with Crippen molar-refractivity contribution in [3.63, 3.8) is 0 Å². The van der Waals surface area contributed by atoms with Crippen molar-refractivity contribution in [3.8, 4) is 0 Å². The normalized spacial score (nSPS) is 13.1. The summed E-state index contributed by atoms with van der Waals surface area (Å²) in [6, 6.07) is 12.9. The number of hydrogen-bond acceptors (Lipinski definition) is 3. The van der Waals surface area contributed by atoms with Crippen LogP contribution in [0.5, 0.6) is 0 Å². The Morgan fingerprint density at radius 1 is 0.234 bits per heavy atom. The fourth-order valence-electron chi connectivity index (χ4n) is 7.66. The minimum absolute atomic E-state index is 1.20. The Bertz CT molecular complexity index is 577. The molecule has 47 heavy (non-hydrogen) atoms. The highest BCUT2D eigenvalue weighted by Crippen LogP contribution is 2.43. The van der Waals surface area contributed by atoms with Crippen LogP contribution < -0.4 is 0 Å². The molecule has 7 heteroatoms. The van der Waals surface area contributed by atoms with E-state index in [1.807, 2.05) is 0 Å². The van der Waals surface area contributed by atoms with Crippen LogP contribution >= 0.6 is 0 Å². The molecule has 0 fully saturated rings. The molecule has 0 aromatic rings. The molecule has 0 spiro atoms. The summed E-state index contributed by atoms with van der Waals surface area (Å²) < 4.78 is 24.8. The van der Waals surface area contributed by atoms with Crippen LogP contribution in [0.2, 0.25) is 60.4 Å². The summed E-state index contributed by atoms with van der Waals surface area (Å²) in [6.45, 7) is 23.9. The summed E-state index contributed by atoms with van der Waals surface area (Å²) in [6.07, 6.45) is 25.7. The Balaban J connectivity index is 7.49. The molecule has 0 saturated carbocycles. The van der Waals surface area contributed by atoms with Crippen LogP contribution in [0.4, 0.5) is 0 Å². The van der Waals surface area contributed by atoms with Gasteiger partial charge in [0.2, 0.25) is 0 Å². The molecule has 0 amide bonds. The first-order chi connectivity index (χ1) is 22.7. The maximum absolute atomic E-state index is 8.33. The van der Waals surface area contributed by atoms with Gasteiger partial charge in [0, 0.05) is 0 Å². The van der Waals surface area contributed by atoms with Crippen molar-refractivity contribution in [2.45, 2.75) is 258 Å². The molecule has 0 rings (SSSR count). The van der Waals surface area contributed by atoms with Gasteiger partial charge in [-0.1, -0.05) is 198 Å². The highest BCUT2D eigenvalue weighted by molar-refractivity contribution is 6.92. The van der Waals surface area contributed by atoms with Gasteiger partial charge >= 0.3 is 17.1 Å². The maximum atomic E-state index is 8.33. The highest BCUT2D eigenvalue weighted by Gasteiger charge is 2.54. The monoisotopic (exact) mass is 731 g/mol. The minimum atomic E-state index is -2.53. The SMILES string of the molecule is CCCC[Si](CCCC)(CCCC)O[Si](CCCC)(CCCC)O[Si](CCCC)(CCCC)O[Si](CCCC)(CCCC)CCCC. The molecule has 0 atom stereocenters. The van der Waals surface area contributed by atoms with Crippen LogP contribution in [0.15, 0.2) is 0 Å². The van der Waals surface area contributed by atoms with E-state index >= 15 is 0 Å². The van der Waals surface area contributed by atoms with Crippen molar-refractivity contribution < 1.29 is 12.3 Å². The Labute approximate surface area is 303 Å². The maximum Gasteiger partial charge on any atom is 0.319 e. The molecule has 0 heterocycles. The van der Waals surface area contributed by atoms with Gasteiger partial charge in [-0.3, -0.25) is 0 Å². The lowest BCUT2D eigenvalue weighted by molar-refractivity contribution is 0.287. The van der Waals surface area contributed by atoms with Crippen molar-refractivity contribution in [1.82, 2.24) is 0 Å². The Morgan fingerprint density at radius 2 is 0.404 bits per heavy atom. The van der Waals surface area contributed by atoms with Gasteiger partial charge in [-0.2, -0.15) is 0 Å². The van der Waals surface area contributed by atoms with Gasteiger partial charge in [-0.05, 0) is 60.4 Å². The average Bonchev–Trinajstić information content (AvgIpc) is 3.09. The van der Waals surface area contributed by atoms with Gasteiger partial charge in [-0.25, -0.2) is 0 Å². The second-order valence-corrected chi connectivity index (χ2v) is 31.4. The topological polar surface area (TPSA) is 27.7 Å². The highest BCUT2D eigenvalue weighted by atomic mass is 28.5. The lowest BCUT2D eigenvalue weighted by Gasteiger charge is -2.50. The van der Waals surface area contributed by atoms with Gasteiger partial charge in [0.15, 0.2) is 16.6 Å². The Morgan fingerprint density at radius 3 is 0.574 bits per heavy atom. The summed E-state index contributed by atoms with van der Waals surface area (Å²) in [5.74, 6) is 0. The fourth-order valence-corrected chi connectivity index (χ4v) is 35.0. The second-order valence-electron chi connectivity index (χ2n) is 15.5. The predicted octanol–water partition coefficient (Wildman–Crippen LogP) is 15.8. The third-order valence-corrected chi connectivity index (χ3v) is 32.2. The van der Waals surface area contributed by atoms with E-state index in [4.69, 9.17) is 12.3 Å². The molecule has 0 aliphatic carbocycles. The summed E-state index contributed by atoms with van der Waals surface area (Å²) >= 11 is 0. The third kappa shape index (κ3) is 19.8. The summed E-state index contributed by atoms with van der Waals surface area (Å²) in [4.78, 5) is 0. The summed E-state index contributed by atoms with van der Waals surface area (Å²) in [5.41, 5.74) is 0. The zero-order valence-electron chi connectivity index (χ0n) is 34.4. The van der Waals surface area contributed by atoms with E-state index in [0.717, 1.165) is 0 Å². The standard InChI is InChI=1S/C40H90O3Si4/c1-11-21-31-44(32-22-12-2,33-23-13-3)41-46(37-27-17-7,38-28-18-8)43-47(39-29-19-9,40-30-20-10)42-45(34-24-14-4,35-25-15-5)36-26-16-6/h11-40H2,1-10H3. The van der Waals surface area contributed by atoms with Gasteiger partial charge < -0.3 is 12.3 Å². The lowest BCUT2D eigenvalue weighted by atomic mass is 10.4.